The molecule has 0 bridgehead atoms. The number of aromatic nitrogens is 2. The highest BCUT2D eigenvalue weighted by Crippen LogP contribution is 2.32. The lowest BCUT2D eigenvalue weighted by molar-refractivity contribution is -0.117. The Morgan fingerprint density at radius 1 is 1.30 bits per heavy atom. The second-order valence-corrected chi connectivity index (χ2v) is 7.19. The van der Waals surface area contributed by atoms with Crippen LogP contribution in [0.4, 0.5) is 0 Å². The van der Waals surface area contributed by atoms with Gasteiger partial charge in [0.25, 0.3) is 5.22 Å². The minimum atomic E-state index is -0.187. The normalized spacial score (nSPS) is 12.9. The molecular weight excluding hydrogens is 390 g/mol. The van der Waals surface area contributed by atoms with Gasteiger partial charge in [-0.2, -0.15) is 5.10 Å². The first-order valence-electron chi connectivity index (χ1n) is 7.98. The number of amides is 1. The molecule has 3 rings (SSSR count). The number of rotatable bonds is 7. The Bertz CT molecular complexity index is 897. The summed E-state index contributed by atoms with van der Waals surface area (Å²) in [5, 5.41) is 16.6. The third-order valence-corrected chi connectivity index (χ3v) is 5.25. The van der Waals surface area contributed by atoms with E-state index in [1.54, 1.807) is 32.4 Å². The van der Waals surface area contributed by atoms with Gasteiger partial charge >= 0.3 is 0 Å². The van der Waals surface area contributed by atoms with Gasteiger partial charge in [0.1, 0.15) is 5.04 Å². The van der Waals surface area contributed by atoms with Crippen LogP contribution in [0.25, 0.3) is 11.5 Å². The first kappa shape index (κ1) is 19.1. The maximum Gasteiger partial charge on any atom is 0.277 e. The minimum absolute atomic E-state index is 0.140. The van der Waals surface area contributed by atoms with Crippen molar-refractivity contribution in [1.82, 2.24) is 20.9 Å². The summed E-state index contributed by atoms with van der Waals surface area (Å²) in [5.41, 5.74) is 3.48. The first-order valence-corrected chi connectivity index (χ1v) is 9.79. The smallest absolute Gasteiger partial charge is 0.277 e. The maximum absolute atomic E-state index is 12.0. The van der Waals surface area contributed by atoms with E-state index < -0.39 is 0 Å². The molecule has 2 heterocycles. The van der Waals surface area contributed by atoms with Crippen LogP contribution in [0.5, 0.6) is 11.5 Å². The molecule has 27 heavy (non-hydrogen) atoms. The Hall–Kier alpha value is -2.66. The molecule has 0 unspecified atom stereocenters. The summed E-state index contributed by atoms with van der Waals surface area (Å²) in [6.07, 6.45) is 0.812. The lowest BCUT2D eigenvalue weighted by Crippen LogP contribution is -2.37. The molecule has 9 nitrogen and oxygen atoms in total. The zero-order valence-electron chi connectivity index (χ0n) is 14.9. The topological polar surface area (TPSA) is 111 Å². The summed E-state index contributed by atoms with van der Waals surface area (Å²) in [6, 6.07) is 5.30. The summed E-state index contributed by atoms with van der Waals surface area (Å²) in [6.45, 7) is 2.00. The van der Waals surface area contributed by atoms with Crippen molar-refractivity contribution in [2.75, 3.05) is 20.0 Å². The second-order valence-electron chi connectivity index (χ2n) is 5.18. The molecule has 0 spiro atoms. The fourth-order valence-corrected chi connectivity index (χ4v) is 3.42. The summed E-state index contributed by atoms with van der Waals surface area (Å²) in [4.78, 5) is 12.0. The van der Waals surface area contributed by atoms with Gasteiger partial charge in [0, 0.05) is 5.56 Å². The van der Waals surface area contributed by atoms with Crippen LogP contribution in [0, 0.1) is 0 Å². The van der Waals surface area contributed by atoms with Crippen molar-refractivity contribution >= 4 is 39.2 Å². The Kier molecular flexibility index (Phi) is 6.24. The summed E-state index contributed by atoms with van der Waals surface area (Å²) in [5.74, 6) is 1.46. The van der Waals surface area contributed by atoms with Crippen molar-refractivity contribution in [2.24, 2.45) is 5.10 Å². The van der Waals surface area contributed by atoms with Crippen LogP contribution < -0.4 is 20.2 Å². The SMILES string of the molecule is CCC1=NNC(NC(=O)CSc2nnc(-c3ccc(OC)c(OC)c3)o2)=[S]1. The highest BCUT2D eigenvalue weighted by atomic mass is 32.2. The van der Waals surface area contributed by atoms with Gasteiger partial charge in [0.15, 0.2) is 16.6 Å². The van der Waals surface area contributed by atoms with Gasteiger partial charge < -0.3 is 19.2 Å². The molecule has 0 fully saturated rings. The second kappa shape index (κ2) is 8.82. The number of thioether (sulfide) groups is 1. The fraction of sp³-hybridized carbons (Fsp3) is 0.312. The predicted molar refractivity (Wildman–Crippen MR) is 105 cm³/mol. The van der Waals surface area contributed by atoms with Crippen molar-refractivity contribution in [3.8, 4) is 23.0 Å². The van der Waals surface area contributed by atoms with Crippen LogP contribution in [0.1, 0.15) is 13.3 Å². The highest BCUT2D eigenvalue weighted by Gasteiger charge is 2.15. The van der Waals surface area contributed by atoms with E-state index >= 15 is 0 Å². The molecule has 11 heteroatoms. The van der Waals surface area contributed by atoms with Crippen molar-refractivity contribution < 1.29 is 18.7 Å². The number of carbonyl (C=O) groups excluding carboxylic acids is 1. The van der Waals surface area contributed by atoms with E-state index in [1.807, 2.05) is 6.92 Å². The van der Waals surface area contributed by atoms with E-state index in [1.165, 1.54) is 11.4 Å². The summed E-state index contributed by atoms with van der Waals surface area (Å²) >= 11 is 2.56. The maximum atomic E-state index is 12.0. The van der Waals surface area contributed by atoms with Crippen LogP contribution >= 0.6 is 23.1 Å². The van der Waals surface area contributed by atoms with Gasteiger partial charge in [-0.05, 0) is 24.6 Å². The van der Waals surface area contributed by atoms with E-state index in [-0.39, 0.29) is 11.7 Å². The van der Waals surface area contributed by atoms with Gasteiger partial charge in [-0.3, -0.25) is 10.2 Å². The number of hydrazone groups is 1. The van der Waals surface area contributed by atoms with Crippen LogP contribution in [0.3, 0.4) is 0 Å². The Morgan fingerprint density at radius 2 is 2.11 bits per heavy atom. The van der Waals surface area contributed by atoms with Crippen LogP contribution in [0.15, 0.2) is 32.9 Å². The number of ether oxygens (including phenoxy) is 2. The average Bonchev–Trinajstić information content (AvgIpc) is 3.35. The Morgan fingerprint density at radius 3 is 2.81 bits per heavy atom. The molecule has 1 aliphatic heterocycles. The van der Waals surface area contributed by atoms with Crippen LogP contribution in [-0.2, 0) is 4.79 Å². The number of benzene rings is 1. The first-order chi connectivity index (χ1) is 13.1. The number of methoxy groups -OCH3 is 2. The van der Waals surface area contributed by atoms with E-state index in [2.05, 4.69) is 26.0 Å². The van der Waals surface area contributed by atoms with E-state index in [4.69, 9.17) is 13.9 Å². The van der Waals surface area contributed by atoms with Crippen molar-refractivity contribution in [3.05, 3.63) is 18.2 Å². The lowest BCUT2D eigenvalue weighted by atomic mass is 10.2. The van der Waals surface area contributed by atoms with E-state index in [9.17, 15) is 4.79 Å². The van der Waals surface area contributed by atoms with Crippen molar-refractivity contribution in [1.29, 1.82) is 0 Å². The van der Waals surface area contributed by atoms with Crippen molar-refractivity contribution in [3.63, 3.8) is 0 Å². The molecule has 2 aromatic rings. The lowest BCUT2D eigenvalue weighted by Gasteiger charge is -2.07. The van der Waals surface area contributed by atoms with Crippen LogP contribution in [-0.4, -0.2) is 46.2 Å². The van der Waals surface area contributed by atoms with Gasteiger partial charge in [-0.25, -0.2) is 0 Å². The average molecular weight is 408 g/mol. The van der Waals surface area contributed by atoms with Gasteiger partial charge in [0.05, 0.1) is 20.0 Å². The zero-order chi connectivity index (χ0) is 19.2. The standard InChI is InChI=1S/C16H18N5O4S2/c1-4-13-18-20-15(27-13)17-12(22)8-26-16-21-19-14(25-16)9-5-6-10(23-2)11(7-9)24-3/h5-7,20H,4,8H2,1-3H3,(H,17,22). The molecule has 1 amide bonds. The number of nitrogens with zero attached hydrogens (tertiary/aromatic N) is 3. The van der Waals surface area contributed by atoms with Gasteiger partial charge in [-0.1, -0.05) is 30.0 Å². The number of carbonyl (C=O) groups is 1. The van der Waals surface area contributed by atoms with Gasteiger partial charge in [-0.15, -0.1) is 10.2 Å². The molecule has 1 aromatic carbocycles. The summed E-state index contributed by atoms with van der Waals surface area (Å²) in [7, 11) is 3.12. The zero-order valence-corrected chi connectivity index (χ0v) is 16.6. The number of hydrogen-bond acceptors (Lipinski definition) is 9. The molecule has 1 aliphatic rings. The third kappa shape index (κ3) is 4.74. The molecular formula is C16H18N5O4S2. The summed E-state index contributed by atoms with van der Waals surface area (Å²) < 4.78 is 16.1. The molecule has 0 saturated carbocycles. The largest absolute Gasteiger partial charge is 0.493 e. The van der Waals surface area contributed by atoms with E-state index in [0.29, 0.717) is 33.3 Å². The molecule has 143 valence electrons. The molecule has 2 N–H and O–H groups in total. The van der Waals surface area contributed by atoms with Crippen LogP contribution in [0.2, 0.25) is 0 Å². The predicted octanol–water partition coefficient (Wildman–Crippen LogP) is 2.11. The van der Waals surface area contributed by atoms with E-state index in [0.717, 1.165) is 23.2 Å². The monoisotopic (exact) mass is 408 g/mol. The molecule has 0 atom stereocenters. The minimum Gasteiger partial charge on any atom is -0.493 e. The van der Waals surface area contributed by atoms with Crippen molar-refractivity contribution in [2.45, 2.75) is 18.6 Å². The number of nitrogens with one attached hydrogen (secondary N) is 2. The number of hydrogen-bond donors (Lipinski definition) is 2. The quantitative estimate of drug-likeness (QED) is 0.529. The Labute approximate surface area is 163 Å². The Balaban J connectivity index is 1.57. The van der Waals surface area contributed by atoms with Gasteiger partial charge in [0.2, 0.25) is 11.8 Å². The molecule has 0 saturated heterocycles. The highest BCUT2D eigenvalue weighted by molar-refractivity contribution is 8.13. The molecule has 1 aromatic heterocycles. The molecule has 1 radical (unpaired) electrons. The third-order valence-electron chi connectivity index (χ3n) is 3.42. The molecule has 0 aliphatic carbocycles. The fourth-order valence-electron chi connectivity index (χ4n) is 2.13.